The van der Waals surface area contributed by atoms with Crippen molar-refractivity contribution in [3.63, 3.8) is 0 Å². The molecule has 0 saturated carbocycles. The Balaban J connectivity index is 1.30. The Bertz CT molecular complexity index is 1510. The number of nitrogens with one attached hydrogen (secondary N) is 1. The molecule has 2 saturated heterocycles. The highest BCUT2D eigenvalue weighted by Gasteiger charge is 2.29. The molecule has 1 N–H and O–H groups in total. The third kappa shape index (κ3) is 5.11. The summed E-state index contributed by atoms with van der Waals surface area (Å²) in [7, 11) is 1.52. The van der Waals surface area contributed by atoms with Gasteiger partial charge in [-0.25, -0.2) is 18.7 Å². The number of hydrogen-bond acceptors (Lipinski definition) is 9. The molecule has 1 atom stereocenters. The number of benzene rings is 1. The third-order valence-electron chi connectivity index (χ3n) is 7.03. The van der Waals surface area contributed by atoms with Crippen LogP contribution in [0.1, 0.15) is 29.0 Å². The number of morpholine rings is 1. The third-order valence-corrected chi connectivity index (χ3v) is 7.03. The molecule has 3 aromatic heterocycles. The zero-order valence-electron chi connectivity index (χ0n) is 21.8. The van der Waals surface area contributed by atoms with Crippen molar-refractivity contribution in [1.82, 2.24) is 29.4 Å². The van der Waals surface area contributed by atoms with E-state index in [-0.39, 0.29) is 17.8 Å². The number of hydrogen-bond donors (Lipinski definition) is 1. The number of anilines is 2. The van der Waals surface area contributed by atoms with Crippen molar-refractivity contribution in [2.75, 3.05) is 56.7 Å². The summed E-state index contributed by atoms with van der Waals surface area (Å²) < 4.78 is 40.2. The van der Waals surface area contributed by atoms with E-state index in [1.54, 1.807) is 47.4 Å². The number of para-hydroxylation sites is 2. The van der Waals surface area contributed by atoms with E-state index in [0.29, 0.717) is 85.9 Å². The Morgan fingerprint density at radius 2 is 1.93 bits per heavy atom. The lowest BCUT2D eigenvalue weighted by Gasteiger charge is -2.28. The van der Waals surface area contributed by atoms with Crippen LogP contribution < -0.4 is 15.0 Å². The molecule has 40 heavy (non-hydrogen) atoms. The second-order valence-electron chi connectivity index (χ2n) is 9.58. The smallest absolute Gasteiger partial charge is 0.296 e. The summed E-state index contributed by atoms with van der Waals surface area (Å²) in [5.41, 5.74) is 1.46. The van der Waals surface area contributed by atoms with Gasteiger partial charge in [-0.2, -0.15) is 9.97 Å². The number of halogens is 2. The number of pyridine rings is 1. The Hall–Kier alpha value is -4.39. The van der Waals surface area contributed by atoms with Crippen molar-refractivity contribution in [3.8, 4) is 11.7 Å². The molecule has 4 aromatic rings. The van der Waals surface area contributed by atoms with Gasteiger partial charge < -0.3 is 24.6 Å². The number of likely N-dealkylation sites (tertiary alicyclic amines) is 1. The number of carbonyl (C=O) groups excluding carboxylic acids is 1. The molecule has 1 aromatic carbocycles. The Labute approximate surface area is 228 Å². The van der Waals surface area contributed by atoms with Gasteiger partial charge in [-0.1, -0.05) is 12.1 Å². The van der Waals surface area contributed by atoms with E-state index in [4.69, 9.17) is 19.4 Å². The first kappa shape index (κ1) is 25.9. The van der Waals surface area contributed by atoms with Gasteiger partial charge in [0.2, 0.25) is 11.8 Å². The van der Waals surface area contributed by atoms with Gasteiger partial charge in [-0.05, 0) is 24.6 Å². The molecule has 2 aliphatic heterocycles. The molecular weight excluding hydrogens is 522 g/mol. The summed E-state index contributed by atoms with van der Waals surface area (Å²) in [6.45, 7) is 3.21. The lowest BCUT2D eigenvalue weighted by molar-refractivity contribution is 0.0791. The van der Waals surface area contributed by atoms with Gasteiger partial charge in [0.15, 0.2) is 5.82 Å². The number of nitrogens with zero attached hydrogens (tertiary/aromatic N) is 7. The minimum absolute atomic E-state index is 0.0930. The molecule has 11 nitrogen and oxygen atoms in total. The van der Waals surface area contributed by atoms with Crippen LogP contribution in [0.15, 0.2) is 48.7 Å². The second-order valence-corrected chi connectivity index (χ2v) is 9.58. The number of alkyl halides is 2. The van der Waals surface area contributed by atoms with E-state index in [9.17, 15) is 13.6 Å². The summed E-state index contributed by atoms with van der Waals surface area (Å²) in [5, 5.41) is 3.41. The van der Waals surface area contributed by atoms with Crippen molar-refractivity contribution >= 4 is 28.7 Å². The van der Waals surface area contributed by atoms with E-state index >= 15 is 0 Å². The monoisotopic (exact) mass is 550 g/mol. The molecule has 0 aliphatic carbocycles. The van der Waals surface area contributed by atoms with Crippen molar-refractivity contribution in [2.24, 2.45) is 0 Å². The standard InChI is InChI=1S/C27H28F2N8O3/c1-39-23-7-6-17(15-30-23)26(38)36-9-8-18(16-36)31-21-14-22(34-27(33-21)35-10-12-40-13-11-35)37-20-5-3-2-4-19(20)32-25(37)24(28)29/h2-7,14-15,18,24H,8-13,16H2,1H3,(H,31,33,34)/t18-/m0/s1. The zero-order valence-corrected chi connectivity index (χ0v) is 21.8. The lowest BCUT2D eigenvalue weighted by atomic mass is 10.2. The summed E-state index contributed by atoms with van der Waals surface area (Å²) in [6.07, 6.45) is -0.603. The van der Waals surface area contributed by atoms with Gasteiger partial charge in [0.25, 0.3) is 12.3 Å². The summed E-state index contributed by atoms with van der Waals surface area (Å²) >= 11 is 0. The van der Waals surface area contributed by atoms with Crippen LogP contribution in [0.2, 0.25) is 0 Å². The largest absolute Gasteiger partial charge is 0.481 e. The number of carbonyl (C=O) groups is 1. The van der Waals surface area contributed by atoms with Crippen LogP contribution >= 0.6 is 0 Å². The highest BCUT2D eigenvalue weighted by Crippen LogP contribution is 2.29. The van der Waals surface area contributed by atoms with E-state index < -0.39 is 6.43 Å². The molecular formula is C27H28F2N8O3. The summed E-state index contributed by atoms with van der Waals surface area (Å²) in [4.78, 5) is 34.5. The fourth-order valence-electron chi connectivity index (χ4n) is 5.03. The molecule has 0 unspecified atom stereocenters. The molecule has 1 amide bonds. The summed E-state index contributed by atoms with van der Waals surface area (Å²) in [6, 6.07) is 11.9. The van der Waals surface area contributed by atoms with E-state index in [1.165, 1.54) is 17.9 Å². The Morgan fingerprint density at radius 1 is 1.10 bits per heavy atom. The molecule has 0 bridgehead atoms. The average molecular weight is 551 g/mol. The second kappa shape index (κ2) is 11.0. The first-order valence-electron chi connectivity index (χ1n) is 13.0. The van der Waals surface area contributed by atoms with Crippen LogP contribution in [-0.4, -0.2) is 87.9 Å². The van der Waals surface area contributed by atoms with E-state index in [2.05, 4.69) is 15.3 Å². The van der Waals surface area contributed by atoms with Gasteiger partial charge in [0.1, 0.15) is 11.6 Å². The van der Waals surface area contributed by atoms with Crippen molar-refractivity contribution in [3.05, 3.63) is 60.0 Å². The molecule has 13 heteroatoms. The van der Waals surface area contributed by atoms with Crippen LogP contribution in [0.25, 0.3) is 16.9 Å². The molecule has 2 aliphatic rings. The maximum absolute atomic E-state index is 14.1. The Kier molecular flexibility index (Phi) is 7.11. The molecule has 0 spiro atoms. The van der Waals surface area contributed by atoms with Crippen LogP contribution in [-0.2, 0) is 4.74 Å². The Morgan fingerprint density at radius 3 is 2.67 bits per heavy atom. The topological polar surface area (TPSA) is 111 Å². The molecule has 208 valence electrons. The number of imidazole rings is 1. The fourth-order valence-corrected chi connectivity index (χ4v) is 5.03. The van der Waals surface area contributed by atoms with Crippen molar-refractivity contribution in [2.45, 2.75) is 18.9 Å². The van der Waals surface area contributed by atoms with Gasteiger partial charge in [0, 0.05) is 50.6 Å². The zero-order chi connectivity index (χ0) is 27.6. The predicted octanol–water partition coefficient (Wildman–Crippen LogP) is 3.32. The van der Waals surface area contributed by atoms with Gasteiger partial charge >= 0.3 is 0 Å². The number of fused-ring (bicyclic) bond motifs is 1. The molecule has 5 heterocycles. The number of ether oxygens (including phenoxy) is 2. The number of rotatable bonds is 7. The van der Waals surface area contributed by atoms with Gasteiger partial charge in [-0.3, -0.25) is 9.36 Å². The van der Waals surface area contributed by atoms with Crippen LogP contribution in [0.3, 0.4) is 0 Å². The van der Waals surface area contributed by atoms with Crippen LogP contribution in [0.5, 0.6) is 5.88 Å². The van der Waals surface area contributed by atoms with Gasteiger partial charge in [-0.15, -0.1) is 0 Å². The van der Waals surface area contributed by atoms with E-state index in [1.807, 2.05) is 4.90 Å². The predicted molar refractivity (Wildman–Crippen MR) is 143 cm³/mol. The minimum Gasteiger partial charge on any atom is -0.481 e. The van der Waals surface area contributed by atoms with Crippen molar-refractivity contribution < 1.29 is 23.0 Å². The van der Waals surface area contributed by atoms with Crippen molar-refractivity contribution in [1.29, 1.82) is 0 Å². The highest BCUT2D eigenvalue weighted by molar-refractivity contribution is 5.94. The maximum Gasteiger partial charge on any atom is 0.296 e. The highest BCUT2D eigenvalue weighted by atomic mass is 19.3. The number of aromatic nitrogens is 5. The SMILES string of the molecule is COc1ccc(C(=O)N2CC[C@H](Nc3cc(-n4c(C(F)F)nc5ccccc54)nc(N4CCOCC4)n3)C2)cn1. The first-order valence-corrected chi connectivity index (χ1v) is 13.0. The van der Waals surface area contributed by atoms with E-state index in [0.717, 1.165) is 0 Å². The molecule has 6 rings (SSSR count). The van der Waals surface area contributed by atoms with Crippen LogP contribution in [0, 0.1) is 0 Å². The number of amides is 1. The normalized spacial score (nSPS) is 17.6. The van der Waals surface area contributed by atoms with Gasteiger partial charge in [0.05, 0.1) is 36.9 Å². The fraction of sp³-hybridized carbons (Fsp3) is 0.370. The number of methoxy groups -OCH3 is 1. The average Bonchev–Trinajstić information content (AvgIpc) is 3.62. The molecule has 2 fully saturated rings. The van der Waals surface area contributed by atoms with Crippen LogP contribution in [0.4, 0.5) is 20.5 Å². The maximum atomic E-state index is 14.1. The minimum atomic E-state index is -2.80. The quantitative estimate of drug-likeness (QED) is 0.371. The summed E-state index contributed by atoms with van der Waals surface area (Å²) in [5.74, 6) is 1.12. The lowest BCUT2D eigenvalue weighted by Crippen LogP contribution is -2.37. The first-order chi connectivity index (χ1) is 19.5. The molecule has 0 radical (unpaired) electrons.